The van der Waals surface area contributed by atoms with E-state index in [0.29, 0.717) is 18.1 Å². The lowest BCUT2D eigenvalue weighted by atomic mass is 10.1. The van der Waals surface area contributed by atoms with Crippen LogP contribution in [0.5, 0.6) is 0 Å². The molecule has 0 aliphatic rings. The summed E-state index contributed by atoms with van der Waals surface area (Å²) in [4.78, 5) is 0. The van der Waals surface area contributed by atoms with E-state index in [1.807, 2.05) is 32.9 Å². The summed E-state index contributed by atoms with van der Waals surface area (Å²) in [7, 11) is 1.67. The fourth-order valence-corrected chi connectivity index (χ4v) is 2.34. The Kier molecular flexibility index (Phi) is 4.10. The fourth-order valence-electron chi connectivity index (χ4n) is 1.86. The number of anilines is 1. The largest absolute Gasteiger partial charge is 0.398 e. The molecule has 2 N–H and O–H groups in total. The van der Waals surface area contributed by atoms with Crippen molar-refractivity contribution >= 4 is 21.6 Å². The van der Waals surface area contributed by atoms with Crippen LogP contribution < -0.4 is 5.73 Å². The summed E-state index contributed by atoms with van der Waals surface area (Å²) in [6, 6.07) is 3.83. The highest BCUT2D eigenvalue weighted by atomic mass is 79.9. The number of ether oxygens (including phenoxy) is 1. The second-order valence-electron chi connectivity index (χ2n) is 5.29. The molecule has 108 valence electrons. The van der Waals surface area contributed by atoms with Crippen LogP contribution in [-0.2, 0) is 11.3 Å². The maximum Gasteiger partial charge on any atom is 0.182 e. The zero-order chi connectivity index (χ0) is 14.9. The van der Waals surface area contributed by atoms with Gasteiger partial charge in [-0.1, -0.05) is 15.9 Å². The first-order valence-electron chi connectivity index (χ1n) is 6.21. The molecule has 0 saturated carbocycles. The Morgan fingerprint density at radius 1 is 1.40 bits per heavy atom. The van der Waals surface area contributed by atoms with Crippen molar-refractivity contribution in [3.8, 4) is 11.4 Å². The lowest BCUT2D eigenvalue weighted by Crippen LogP contribution is -2.30. The quantitative estimate of drug-likeness (QED) is 0.865. The number of halogens is 1. The van der Waals surface area contributed by atoms with Crippen molar-refractivity contribution in [3.63, 3.8) is 0 Å². The van der Waals surface area contributed by atoms with Crippen LogP contribution in [0.3, 0.4) is 0 Å². The molecule has 0 amide bonds. The average Bonchev–Trinajstić information content (AvgIpc) is 2.81. The second-order valence-corrected chi connectivity index (χ2v) is 6.21. The van der Waals surface area contributed by atoms with Gasteiger partial charge in [-0.15, -0.1) is 5.10 Å². The molecule has 7 heteroatoms. The van der Waals surface area contributed by atoms with Crippen LogP contribution in [-0.4, -0.2) is 32.9 Å². The molecule has 1 aromatic carbocycles. The zero-order valence-corrected chi connectivity index (χ0v) is 13.6. The molecule has 0 aliphatic carbocycles. The van der Waals surface area contributed by atoms with Gasteiger partial charge in [-0.25, -0.2) is 4.68 Å². The summed E-state index contributed by atoms with van der Waals surface area (Å²) in [5, 5.41) is 11.9. The summed E-state index contributed by atoms with van der Waals surface area (Å²) in [6.07, 6.45) is 0. The number of nitrogens with two attached hydrogens (primary N) is 1. The molecule has 2 rings (SSSR count). The average molecular weight is 340 g/mol. The SMILES string of the molecule is COC(C)(C)Cn1nnnc1-c1cc(Br)cc(N)c1C. The summed E-state index contributed by atoms with van der Waals surface area (Å²) < 4.78 is 8.06. The Balaban J connectivity index is 2.48. The highest BCUT2D eigenvalue weighted by molar-refractivity contribution is 9.10. The third-order valence-corrected chi connectivity index (χ3v) is 3.73. The van der Waals surface area contributed by atoms with Crippen LogP contribution in [0.1, 0.15) is 19.4 Å². The molecule has 0 unspecified atom stereocenters. The second kappa shape index (κ2) is 5.49. The summed E-state index contributed by atoms with van der Waals surface area (Å²) in [6.45, 7) is 6.48. The number of nitrogens with zero attached hydrogens (tertiary/aromatic N) is 4. The Morgan fingerprint density at radius 3 is 2.75 bits per heavy atom. The predicted octanol–water partition coefficient (Wildman–Crippen LogP) is 2.42. The monoisotopic (exact) mass is 339 g/mol. The topological polar surface area (TPSA) is 78.8 Å². The number of hydrogen-bond acceptors (Lipinski definition) is 5. The highest BCUT2D eigenvalue weighted by Gasteiger charge is 2.22. The maximum atomic E-state index is 6.00. The Labute approximate surface area is 126 Å². The number of rotatable bonds is 4. The first-order valence-corrected chi connectivity index (χ1v) is 7.00. The van der Waals surface area contributed by atoms with Crippen molar-refractivity contribution in [2.45, 2.75) is 32.9 Å². The van der Waals surface area contributed by atoms with Gasteiger partial charge in [0.2, 0.25) is 0 Å². The van der Waals surface area contributed by atoms with Gasteiger partial charge >= 0.3 is 0 Å². The Morgan fingerprint density at radius 2 is 2.10 bits per heavy atom. The molecule has 0 fully saturated rings. The molecule has 0 aliphatic heterocycles. The summed E-state index contributed by atoms with van der Waals surface area (Å²) in [5.41, 5.74) is 8.22. The van der Waals surface area contributed by atoms with Crippen LogP contribution in [0.25, 0.3) is 11.4 Å². The predicted molar refractivity (Wildman–Crippen MR) is 81.2 cm³/mol. The number of aromatic nitrogens is 4. The number of hydrogen-bond donors (Lipinski definition) is 1. The molecule has 0 bridgehead atoms. The molecule has 0 spiro atoms. The van der Waals surface area contributed by atoms with Gasteiger partial charge in [0, 0.05) is 22.8 Å². The molecule has 20 heavy (non-hydrogen) atoms. The van der Waals surface area contributed by atoms with Gasteiger partial charge in [-0.05, 0) is 48.9 Å². The van der Waals surface area contributed by atoms with Gasteiger partial charge < -0.3 is 10.5 Å². The number of methoxy groups -OCH3 is 1. The third-order valence-electron chi connectivity index (χ3n) is 3.27. The van der Waals surface area contributed by atoms with E-state index in [-0.39, 0.29) is 5.60 Å². The first-order chi connectivity index (χ1) is 9.34. The van der Waals surface area contributed by atoms with Gasteiger partial charge in [0.1, 0.15) is 0 Å². The fraction of sp³-hybridized carbons (Fsp3) is 0.462. The van der Waals surface area contributed by atoms with E-state index in [0.717, 1.165) is 15.6 Å². The molecule has 0 radical (unpaired) electrons. The molecule has 0 saturated heterocycles. The van der Waals surface area contributed by atoms with Crippen LogP contribution in [0, 0.1) is 6.92 Å². The molecule has 6 nitrogen and oxygen atoms in total. The van der Waals surface area contributed by atoms with Crippen molar-refractivity contribution in [1.29, 1.82) is 0 Å². The van der Waals surface area contributed by atoms with Gasteiger partial charge in [0.25, 0.3) is 0 Å². The van der Waals surface area contributed by atoms with Gasteiger partial charge in [0.15, 0.2) is 5.82 Å². The van der Waals surface area contributed by atoms with Crippen LogP contribution in [0.15, 0.2) is 16.6 Å². The normalized spacial score (nSPS) is 11.8. The molecular formula is C13H18BrN5O. The van der Waals surface area contributed by atoms with Crippen molar-refractivity contribution < 1.29 is 4.74 Å². The zero-order valence-electron chi connectivity index (χ0n) is 12.0. The lowest BCUT2D eigenvalue weighted by molar-refractivity contribution is 0.00538. The Bertz CT molecular complexity index is 623. The van der Waals surface area contributed by atoms with Crippen molar-refractivity contribution in [3.05, 3.63) is 22.2 Å². The van der Waals surface area contributed by atoms with Gasteiger partial charge in [0.05, 0.1) is 12.1 Å². The number of nitrogen functional groups attached to an aromatic ring is 1. The minimum Gasteiger partial charge on any atom is -0.398 e. The van der Waals surface area contributed by atoms with Crippen molar-refractivity contribution in [1.82, 2.24) is 20.2 Å². The summed E-state index contributed by atoms with van der Waals surface area (Å²) >= 11 is 3.45. The molecule has 0 atom stereocenters. The van der Waals surface area contributed by atoms with E-state index < -0.39 is 0 Å². The van der Waals surface area contributed by atoms with E-state index in [1.165, 1.54) is 0 Å². The van der Waals surface area contributed by atoms with Crippen molar-refractivity contribution in [2.24, 2.45) is 0 Å². The van der Waals surface area contributed by atoms with Gasteiger partial charge in [-0.2, -0.15) is 0 Å². The lowest BCUT2D eigenvalue weighted by Gasteiger charge is -2.23. The van der Waals surface area contributed by atoms with Crippen LogP contribution in [0.2, 0.25) is 0 Å². The first kappa shape index (κ1) is 14.9. The maximum absolute atomic E-state index is 6.00. The molecule has 1 aromatic heterocycles. The van der Waals surface area contributed by atoms with Crippen molar-refractivity contribution in [2.75, 3.05) is 12.8 Å². The standard InChI is InChI=1S/C13H18BrN5O/c1-8-10(5-9(14)6-11(8)15)12-16-17-18-19(12)7-13(2,3)20-4/h5-6H,7,15H2,1-4H3. The van der Waals surface area contributed by atoms with E-state index in [4.69, 9.17) is 10.5 Å². The van der Waals surface area contributed by atoms with E-state index in [1.54, 1.807) is 11.8 Å². The Hall–Kier alpha value is -1.47. The van der Waals surface area contributed by atoms with E-state index >= 15 is 0 Å². The van der Waals surface area contributed by atoms with E-state index in [2.05, 4.69) is 31.5 Å². The number of benzene rings is 1. The van der Waals surface area contributed by atoms with E-state index in [9.17, 15) is 0 Å². The third kappa shape index (κ3) is 2.99. The van der Waals surface area contributed by atoms with Crippen LogP contribution >= 0.6 is 15.9 Å². The molecule has 2 aromatic rings. The highest BCUT2D eigenvalue weighted by Crippen LogP contribution is 2.30. The van der Waals surface area contributed by atoms with Crippen LogP contribution in [0.4, 0.5) is 5.69 Å². The smallest absolute Gasteiger partial charge is 0.182 e. The number of tetrazole rings is 1. The minimum absolute atomic E-state index is 0.352. The summed E-state index contributed by atoms with van der Waals surface area (Å²) in [5.74, 6) is 0.681. The molecule has 1 heterocycles. The minimum atomic E-state index is -0.352. The van der Waals surface area contributed by atoms with Gasteiger partial charge in [-0.3, -0.25) is 0 Å². The molecular weight excluding hydrogens is 322 g/mol.